The summed E-state index contributed by atoms with van der Waals surface area (Å²) in [5.74, 6) is -2.76. The average molecular weight is 413 g/mol. The van der Waals surface area contributed by atoms with Crippen LogP contribution in [-0.4, -0.2) is 96.3 Å². The van der Waals surface area contributed by atoms with Gasteiger partial charge in [-0.25, -0.2) is 0 Å². The number of rotatable bonds is 8. The van der Waals surface area contributed by atoms with E-state index in [1.807, 2.05) is 0 Å². The highest BCUT2D eigenvalue weighted by atomic mass is 16.2. The third-order valence-electron chi connectivity index (χ3n) is 3.95. The van der Waals surface area contributed by atoms with Gasteiger partial charge in [-0.2, -0.15) is 0 Å². The predicted octanol–water partition coefficient (Wildman–Crippen LogP) is -3.90. The average Bonchev–Trinajstić information content (AvgIpc) is 2.72. The topological polar surface area (TPSA) is 174 Å². The van der Waals surface area contributed by atoms with Crippen molar-refractivity contribution in [2.75, 3.05) is 46.2 Å². The first-order valence-corrected chi connectivity index (χ1v) is 8.99. The fourth-order valence-corrected chi connectivity index (χ4v) is 2.31. The van der Waals surface area contributed by atoms with Gasteiger partial charge >= 0.3 is 0 Å². The molecular weight excluding hydrogens is 386 g/mol. The van der Waals surface area contributed by atoms with Gasteiger partial charge in [0.05, 0.1) is 46.2 Å². The second-order valence-corrected chi connectivity index (χ2v) is 6.25. The monoisotopic (exact) mass is 413 g/mol. The molecule has 1 saturated heterocycles. The normalized spacial score (nSPS) is 13.6. The van der Waals surface area contributed by atoms with Crippen molar-refractivity contribution in [1.29, 1.82) is 0 Å². The minimum Gasteiger partial charge on any atom is -0.347 e. The molecule has 1 aliphatic heterocycles. The van der Waals surface area contributed by atoms with E-state index in [-0.39, 0.29) is 58.5 Å². The molecule has 13 heteroatoms. The molecule has 0 unspecified atom stereocenters. The first kappa shape index (κ1) is 23.8. The van der Waals surface area contributed by atoms with Gasteiger partial charge < -0.3 is 36.4 Å². The molecule has 0 bridgehead atoms. The molecule has 0 aromatic heterocycles. The van der Waals surface area contributed by atoms with Crippen LogP contribution in [0.2, 0.25) is 0 Å². The Morgan fingerprint density at radius 2 is 1.10 bits per heavy atom. The maximum absolute atomic E-state index is 12.4. The molecule has 0 aromatic rings. The molecule has 5 N–H and O–H groups in total. The zero-order valence-corrected chi connectivity index (χ0v) is 16.5. The Kier molecular flexibility index (Phi) is 9.51. The van der Waals surface area contributed by atoms with Gasteiger partial charge in [0.1, 0.15) is 0 Å². The summed E-state index contributed by atoms with van der Waals surface area (Å²) in [7, 11) is 0. The van der Waals surface area contributed by atoms with Crippen LogP contribution in [0.5, 0.6) is 0 Å². The van der Waals surface area contributed by atoms with Crippen molar-refractivity contribution in [3.63, 3.8) is 0 Å². The van der Waals surface area contributed by atoms with E-state index in [4.69, 9.17) is 5.73 Å². The van der Waals surface area contributed by atoms with Crippen LogP contribution < -0.4 is 21.7 Å². The van der Waals surface area contributed by atoms with Crippen molar-refractivity contribution in [3.8, 4) is 0 Å². The zero-order valence-electron chi connectivity index (χ0n) is 16.5. The second kappa shape index (κ2) is 11.6. The van der Waals surface area contributed by atoms with Crippen molar-refractivity contribution < 1.29 is 28.8 Å². The molecule has 1 fully saturated rings. The summed E-state index contributed by atoms with van der Waals surface area (Å²) in [5.41, 5.74) is 5.18. The zero-order chi connectivity index (χ0) is 22.0. The summed E-state index contributed by atoms with van der Waals surface area (Å²) in [6.45, 7) is 1.32. The number of amides is 6. The maximum Gasteiger partial charge on any atom is 0.244 e. The van der Waals surface area contributed by atoms with Gasteiger partial charge in [0, 0.05) is 13.3 Å². The van der Waals surface area contributed by atoms with Crippen molar-refractivity contribution in [2.45, 2.75) is 20.3 Å². The van der Waals surface area contributed by atoms with Crippen molar-refractivity contribution in [2.24, 2.45) is 5.73 Å². The van der Waals surface area contributed by atoms with Gasteiger partial charge in [-0.3, -0.25) is 28.8 Å². The Labute approximate surface area is 167 Å². The molecular formula is C16H27N7O6. The Hall–Kier alpha value is -3.22. The second-order valence-electron chi connectivity index (χ2n) is 6.25. The molecule has 13 nitrogen and oxygen atoms in total. The van der Waals surface area contributed by atoms with Gasteiger partial charge in [-0.1, -0.05) is 6.92 Å². The van der Waals surface area contributed by atoms with E-state index in [0.29, 0.717) is 0 Å². The van der Waals surface area contributed by atoms with E-state index in [1.165, 1.54) is 21.6 Å². The van der Waals surface area contributed by atoms with Gasteiger partial charge in [-0.05, 0) is 0 Å². The minimum atomic E-state index is -0.528. The number of hydrogen-bond donors (Lipinski definition) is 4. The first-order valence-electron chi connectivity index (χ1n) is 8.99. The summed E-state index contributed by atoms with van der Waals surface area (Å²) in [6, 6.07) is 0. The Morgan fingerprint density at radius 3 is 1.45 bits per heavy atom. The maximum atomic E-state index is 12.4. The fraction of sp³-hybridized carbons (Fsp3) is 0.625. The Bertz CT molecular complexity index is 628. The smallest absolute Gasteiger partial charge is 0.244 e. The molecule has 0 radical (unpaired) electrons. The molecule has 0 aliphatic carbocycles. The molecule has 6 amide bonds. The van der Waals surface area contributed by atoms with Crippen LogP contribution in [-0.2, 0) is 28.8 Å². The lowest BCUT2D eigenvalue weighted by molar-refractivity contribution is -0.158. The summed E-state index contributed by atoms with van der Waals surface area (Å²) in [5, 5.41) is 7.13. The van der Waals surface area contributed by atoms with E-state index in [9.17, 15) is 28.8 Å². The molecule has 162 valence electrons. The highest BCUT2D eigenvalue weighted by Gasteiger charge is 2.31. The van der Waals surface area contributed by atoms with Crippen LogP contribution in [0.3, 0.4) is 0 Å². The molecule has 0 atom stereocenters. The minimum absolute atomic E-state index is 0.113. The standard InChI is InChI=1S/C16H27N7O6/c1-3-12(25)19-6-15(28)22-8-21(14(27)5-18-11(2)24)9-23(10-22)16(29)7-20-13(26)4-17/h3-10,17H2,1-2H3,(H,18,24)(H,19,25)(H,20,26). The van der Waals surface area contributed by atoms with Crippen LogP contribution in [0.25, 0.3) is 0 Å². The molecule has 1 rings (SSSR count). The number of carbonyl (C=O) groups is 6. The number of nitrogens with one attached hydrogen (secondary N) is 3. The molecule has 0 saturated carbocycles. The van der Waals surface area contributed by atoms with E-state index < -0.39 is 29.5 Å². The van der Waals surface area contributed by atoms with Gasteiger partial charge in [-0.15, -0.1) is 0 Å². The number of hydrogen-bond acceptors (Lipinski definition) is 7. The van der Waals surface area contributed by atoms with Crippen molar-refractivity contribution in [3.05, 3.63) is 0 Å². The summed E-state index contributed by atoms with van der Waals surface area (Å²) < 4.78 is 0. The van der Waals surface area contributed by atoms with E-state index >= 15 is 0 Å². The SMILES string of the molecule is CCC(=O)NCC(=O)N1CN(C(=O)CNC(C)=O)CN(C(=O)CNC(=O)CN)C1. The lowest BCUT2D eigenvalue weighted by Crippen LogP contribution is -2.62. The predicted molar refractivity (Wildman–Crippen MR) is 99.2 cm³/mol. The van der Waals surface area contributed by atoms with E-state index in [2.05, 4.69) is 16.0 Å². The Balaban J connectivity index is 2.83. The van der Waals surface area contributed by atoms with Gasteiger partial charge in [0.2, 0.25) is 35.4 Å². The van der Waals surface area contributed by atoms with Crippen LogP contribution in [0, 0.1) is 0 Å². The largest absolute Gasteiger partial charge is 0.347 e. The fourth-order valence-electron chi connectivity index (χ4n) is 2.31. The summed E-state index contributed by atoms with van der Waals surface area (Å²) in [6.07, 6.45) is 0.208. The van der Waals surface area contributed by atoms with Crippen molar-refractivity contribution in [1.82, 2.24) is 30.7 Å². The number of carbonyl (C=O) groups excluding carboxylic acids is 6. The van der Waals surface area contributed by atoms with Crippen LogP contribution in [0.1, 0.15) is 20.3 Å². The Morgan fingerprint density at radius 1 is 0.724 bits per heavy atom. The quantitative estimate of drug-likeness (QED) is 0.314. The lowest BCUT2D eigenvalue weighted by atomic mass is 10.3. The van der Waals surface area contributed by atoms with Gasteiger partial charge in [0.25, 0.3) is 0 Å². The summed E-state index contributed by atoms with van der Waals surface area (Å²) >= 11 is 0. The third kappa shape index (κ3) is 8.13. The summed E-state index contributed by atoms with van der Waals surface area (Å²) in [4.78, 5) is 74.4. The highest BCUT2D eigenvalue weighted by Crippen LogP contribution is 2.09. The van der Waals surface area contributed by atoms with Gasteiger partial charge in [0.15, 0.2) is 0 Å². The van der Waals surface area contributed by atoms with Crippen LogP contribution in [0.4, 0.5) is 0 Å². The van der Waals surface area contributed by atoms with Crippen LogP contribution >= 0.6 is 0 Å². The molecule has 1 heterocycles. The first-order chi connectivity index (χ1) is 13.7. The molecule has 0 aromatic carbocycles. The van der Waals surface area contributed by atoms with E-state index in [0.717, 1.165) is 0 Å². The van der Waals surface area contributed by atoms with Crippen LogP contribution in [0.15, 0.2) is 0 Å². The molecule has 1 aliphatic rings. The van der Waals surface area contributed by atoms with Crippen molar-refractivity contribution >= 4 is 35.4 Å². The number of nitrogens with zero attached hydrogens (tertiary/aromatic N) is 3. The molecule has 29 heavy (non-hydrogen) atoms. The lowest BCUT2D eigenvalue weighted by Gasteiger charge is -2.42. The van der Waals surface area contributed by atoms with E-state index in [1.54, 1.807) is 6.92 Å². The number of nitrogens with two attached hydrogens (primary N) is 1. The molecule has 0 spiro atoms. The highest BCUT2D eigenvalue weighted by molar-refractivity contribution is 5.88. The third-order valence-corrected chi connectivity index (χ3v) is 3.95.